The molecule has 67 heavy (non-hydrogen) atoms. The Bertz CT molecular complexity index is 3770. The number of phenolic OH excluding ortho intramolecular Hbond substituents is 1. The van der Waals surface area contributed by atoms with Crippen LogP contribution >= 0.6 is 0 Å². The Balaban J connectivity index is 1.32. The van der Waals surface area contributed by atoms with Gasteiger partial charge in [0.25, 0.3) is 0 Å². The van der Waals surface area contributed by atoms with Crippen molar-refractivity contribution in [2.75, 3.05) is 0 Å². The van der Waals surface area contributed by atoms with E-state index in [-0.39, 0.29) is 27.7 Å². The molecule has 0 unspecified atom stereocenters. The Hall–Kier alpha value is -7.04. The molecule has 0 fully saturated rings. The third-order valence-corrected chi connectivity index (χ3v) is 12.7. The van der Waals surface area contributed by atoms with Gasteiger partial charge in [-0.25, -0.2) is 4.98 Å². The van der Waals surface area contributed by atoms with Gasteiger partial charge in [-0.2, -0.15) is 0 Å². The third-order valence-electron chi connectivity index (χ3n) is 12.7. The fourth-order valence-electron chi connectivity index (χ4n) is 8.94. The van der Waals surface area contributed by atoms with Gasteiger partial charge in [-0.15, -0.1) is 0 Å². The normalized spacial score (nSPS) is 14.8. The number of aryl methyl sites for hydroxylation is 2. The van der Waals surface area contributed by atoms with Crippen LogP contribution in [-0.4, -0.2) is 19.6 Å². The van der Waals surface area contributed by atoms with Crippen molar-refractivity contribution in [3.8, 4) is 78.6 Å². The molecule has 0 aliphatic heterocycles. The molecule has 336 valence electrons. The van der Waals surface area contributed by atoms with Crippen molar-refractivity contribution in [3.63, 3.8) is 0 Å². The fourth-order valence-corrected chi connectivity index (χ4v) is 8.94. The summed E-state index contributed by atoms with van der Waals surface area (Å²) in [4.78, 5) is 10.2. The van der Waals surface area contributed by atoms with E-state index in [1.54, 1.807) is 18.2 Å². The van der Waals surface area contributed by atoms with E-state index in [1.165, 1.54) is 6.20 Å². The van der Waals surface area contributed by atoms with Crippen molar-refractivity contribution in [3.05, 3.63) is 191 Å². The lowest BCUT2D eigenvalue weighted by Crippen LogP contribution is -2.13. The largest absolute Gasteiger partial charge is 0.507 e. The maximum absolute atomic E-state index is 12.2. The van der Waals surface area contributed by atoms with Gasteiger partial charge in [0.2, 0.25) is 0 Å². The lowest BCUT2D eigenvalue weighted by molar-refractivity contribution is 0.471. The number of hydrogen-bond donors (Lipinski definition) is 1. The third kappa shape index (κ3) is 8.74. The quantitative estimate of drug-likeness (QED) is 0.173. The molecule has 0 aliphatic rings. The lowest BCUT2D eigenvalue weighted by Gasteiger charge is -2.26. The molecule has 0 bridgehead atoms. The molecular weight excluding hydrogens is 815 g/mol. The first-order chi connectivity index (χ1) is 35.9. The number of pyridine rings is 1. The van der Waals surface area contributed by atoms with E-state index in [0.717, 1.165) is 44.5 Å². The second kappa shape index (κ2) is 17.0. The summed E-state index contributed by atoms with van der Waals surface area (Å²) < 4.78 is 88.3. The summed E-state index contributed by atoms with van der Waals surface area (Å²) in [6.45, 7) is 15.5. The highest BCUT2D eigenvalue weighted by Crippen LogP contribution is 2.45. The van der Waals surface area contributed by atoms with Crippen LogP contribution in [0.5, 0.6) is 5.75 Å². The molecule has 2 heterocycles. The zero-order valence-electron chi connectivity index (χ0n) is 50.0. The first-order valence-corrected chi connectivity index (χ1v) is 22.8. The number of fused-ring (bicyclic) bond motifs is 1. The molecule has 0 spiro atoms. The van der Waals surface area contributed by atoms with Crippen LogP contribution in [-0.2, 0) is 16.2 Å². The first-order valence-electron chi connectivity index (χ1n) is 27.8. The molecule has 4 nitrogen and oxygen atoms in total. The topological polar surface area (TPSA) is 50.9 Å². The molecule has 9 rings (SSSR count). The van der Waals surface area contributed by atoms with Crippen molar-refractivity contribution in [2.45, 2.75) is 99.2 Å². The highest BCUT2D eigenvalue weighted by Gasteiger charge is 2.27. The number of aromatic nitrogens is 3. The predicted molar refractivity (Wildman–Crippen MR) is 283 cm³/mol. The van der Waals surface area contributed by atoms with E-state index in [1.807, 2.05) is 84.3 Å². The van der Waals surface area contributed by atoms with Crippen molar-refractivity contribution >= 4 is 11.0 Å². The molecule has 0 radical (unpaired) electrons. The van der Waals surface area contributed by atoms with Crippen LogP contribution < -0.4 is 0 Å². The van der Waals surface area contributed by atoms with Gasteiger partial charge in [-0.3, -0.25) is 9.55 Å². The smallest absolute Gasteiger partial charge is 0.149 e. The van der Waals surface area contributed by atoms with E-state index < -0.39 is 48.9 Å². The van der Waals surface area contributed by atoms with Crippen LogP contribution in [0.3, 0.4) is 0 Å². The second-order valence-corrected chi connectivity index (χ2v) is 20.7. The van der Waals surface area contributed by atoms with E-state index >= 15 is 0 Å². The van der Waals surface area contributed by atoms with Crippen LogP contribution in [0, 0.1) is 20.6 Å². The summed E-state index contributed by atoms with van der Waals surface area (Å²) in [6.07, 6.45) is 1.53. The Morgan fingerprint density at radius 3 is 1.94 bits per heavy atom. The summed E-state index contributed by atoms with van der Waals surface area (Å²) in [5, 5.41) is 12.2. The van der Waals surface area contributed by atoms with Crippen molar-refractivity contribution in [1.82, 2.24) is 14.5 Å². The minimum Gasteiger partial charge on any atom is -0.507 e. The van der Waals surface area contributed by atoms with Gasteiger partial charge in [0.05, 0.1) is 33.5 Å². The monoisotopic (exact) mass is 888 g/mol. The van der Waals surface area contributed by atoms with E-state index in [9.17, 15) is 9.22 Å². The van der Waals surface area contributed by atoms with Crippen LogP contribution in [0.25, 0.3) is 83.9 Å². The number of benzene rings is 7. The second-order valence-electron chi connectivity index (χ2n) is 20.7. The number of phenols is 1. The van der Waals surface area contributed by atoms with Crippen LogP contribution in [0.1, 0.15) is 109 Å². The van der Waals surface area contributed by atoms with Gasteiger partial charge >= 0.3 is 0 Å². The molecule has 0 saturated heterocycles. The molecule has 0 aliphatic carbocycles. The summed E-state index contributed by atoms with van der Waals surface area (Å²) in [6, 6.07) is 38.9. The minimum absolute atomic E-state index is 0.0209. The average molecular weight is 888 g/mol. The van der Waals surface area contributed by atoms with Crippen molar-refractivity contribution in [1.29, 1.82) is 0 Å². The van der Waals surface area contributed by atoms with Gasteiger partial charge in [0, 0.05) is 25.5 Å². The van der Waals surface area contributed by atoms with Gasteiger partial charge in [-0.1, -0.05) is 171 Å². The SMILES string of the molecule is [2H]c1c([2H])c(C([2H])([2H])[2H])c([2H])c([2H])c1-c1ccnc(-c2cc(-c3cccc4c3nc(-c3cc(C(C)(C)C)cc(C)c3O)n4-c3ccc(-c4c(-c5ccccc5)cccc4C(C)(C)C)cc3C([2H])([2H])[2H])cc(C(C)(C)C)c2)c1. The van der Waals surface area contributed by atoms with Crippen LogP contribution in [0.4, 0.5) is 0 Å². The zero-order chi connectivity index (χ0) is 56.1. The van der Waals surface area contributed by atoms with Crippen LogP contribution in [0.15, 0.2) is 158 Å². The Morgan fingerprint density at radius 1 is 0.537 bits per heavy atom. The Morgan fingerprint density at radius 2 is 1.24 bits per heavy atom. The highest BCUT2D eigenvalue weighted by molar-refractivity contribution is 5.97. The number of para-hydroxylation sites is 1. The Labute approximate surface area is 412 Å². The molecule has 2 aromatic heterocycles. The maximum Gasteiger partial charge on any atom is 0.149 e. The van der Waals surface area contributed by atoms with Gasteiger partial charge < -0.3 is 5.11 Å². The summed E-state index contributed by atoms with van der Waals surface area (Å²) in [5.41, 5.74) is 10.6. The molecule has 0 saturated carbocycles. The highest BCUT2D eigenvalue weighted by atomic mass is 16.3. The number of rotatable bonds is 7. The number of aromatic hydroxyl groups is 1. The molecule has 1 N–H and O–H groups in total. The van der Waals surface area contributed by atoms with Crippen molar-refractivity contribution in [2.24, 2.45) is 0 Å². The summed E-state index contributed by atoms with van der Waals surface area (Å²) >= 11 is 0. The molecular formula is C63H63N3O. The molecule has 9 aromatic rings. The molecule has 0 amide bonds. The van der Waals surface area contributed by atoms with E-state index in [0.29, 0.717) is 56.1 Å². The lowest BCUT2D eigenvalue weighted by atomic mass is 9.78. The molecule has 7 aromatic carbocycles. The van der Waals surface area contributed by atoms with Crippen molar-refractivity contribution < 1.29 is 18.8 Å². The van der Waals surface area contributed by atoms with Crippen LogP contribution in [0.2, 0.25) is 0 Å². The number of imidazole rings is 1. The number of hydrogen-bond acceptors (Lipinski definition) is 3. The standard InChI is InChI=1S/C63H63N3O/c1-39-24-26-42(27-25-39)44-30-31-64-54(37-44)47-34-46(35-49(36-47)62(7,8)9)51-21-17-23-56-58(51)65-60(52-38-48(61(4,5)6)33-41(3)59(52)67)66(56)55-29-28-45(32-40(55)2)57-50(43-18-14-13-15-19-43)20-16-22-53(57)63(10,11)12/h13-38,67H,1-12H3/i1D3,2D3,24D,25D,26D,27D. The molecule has 0 atom stereocenters. The first kappa shape index (κ1) is 34.3. The summed E-state index contributed by atoms with van der Waals surface area (Å²) in [7, 11) is 0. The number of nitrogens with zero attached hydrogens (tertiary/aromatic N) is 3. The van der Waals surface area contributed by atoms with Gasteiger partial charge in [0.15, 0.2) is 0 Å². The van der Waals surface area contributed by atoms with E-state index in [2.05, 4.69) is 98.7 Å². The molecule has 4 heteroatoms. The fraction of sp³-hybridized carbons (Fsp3) is 0.238. The van der Waals surface area contributed by atoms with Gasteiger partial charge in [0.1, 0.15) is 11.6 Å². The zero-order valence-corrected chi connectivity index (χ0v) is 40.0. The summed E-state index contributed by atoms with van der Waals surface area (Å²) in [5.74, 6) is 0.371. The predicted octanol–water partition coefficient (Wildman–Crippen LogP) is 16.9. The Kier molecular flexibility index (Phi) is 8.70. The van der Waals surface area contributed by atoms with E-state index in [4.69, 9.17) is 19.6 Å². The van der Waals surface area contributed by atoms with Gasteiger partial charge in [-0.05, 0) is 152 Å². The average Bonchev–Trinajstić information content (AvgIpc) is 3.82. The maximum atomic E-state index is 12.2. The minimum atomic E-state index is -2.85.